The van der Waals surface area contributed by atoms with Crippen LogP contribution in [0.25, 0.3) is 0 Å². The van der Waals surface area contributed by atoms with Crippen LogP contribution < -0.4 is 5.32 Å². The maximum Gasteiger partial charge on any atom is 0.0478 e. The number of hydrogen-bond acceptors (Lipinski definition) is 1. The van der Waals surface area contributed by atoms with Crippen LogP contribution in [0.5, 0.6) is 0 Å². The third-order valence-electron chi connectivity index (χ3n) is 3.07. The van der Waals surface area contributed by atoms with E-state index in [9.17, 15) is 0 Å². The second-order valence-electron chi connectivity index (χ2n) is 4.87. The molecule has 0 heterocycles. The Balaban J connectivity index is 2.28. The van der Waals surface area contributed by atoms with Gasteiger partial charge >= 0.3 is 0 Å². The molecule has 0 saturated heterocycles. The van der Waals surface area contributed by atoms with E-state index in [1.54, 1.807) is 0 Å². The molecule has 1 unspecified atom stereocenters. The van der Waals surface area contributed by atoms with E-state index in [0.29, 0.717) is 6.04 Å². The highest BCUT2D eigenvalue weighted by Gasteiger charge is 2.05. The zero-order valence-corrected chi connectivity index (χ0v) is 14.2. The largest absolute Gasteiger partial charge is 0.382 e. The predicted octanol–water partition coefficient (Wildman–Crippen LogP) is 6.11. The highest BCUT2D eigenvalue weighted by molar-refractivity contribution is 14.1. The predicted molar refractivity (Wildman–Crippen MR) is 90.6 cm³/mol. The SMILES string of the molecule is CCCCCCCC(C)Nc1ccc(Cl)cc1I. The molecule has 102 valence electrons. The minimum Gasteiger partial charge on any atom is -0.382 e. The summed E-state index contributed by atoms with van der Waals surface area (Å²) in [5.41, 5.74) is 1.20. The van der Waals surface area contributed by atoms with E-state index in [1.165, 1.54) is 47.8 Å². The van der Waals surface area contributed by atoms with Crippen LogP contribution in [0.15, 0.2) is 18.2 Å². The molecular weight excluding hydrogens is 357 g/mol. The van der Waals surface area contributed by atoms with Gasteiger partial charge in [0.15, 0.2) is 0 Å². The Morgan fingerprint density at radius 2 is 1.94 bits per heavy atom. The Bertz CT molecular complexity index is 354. The van der Waals surface area contributed by atoms with Crippen LogP contribution in [0.4, 0.5) is 5.69 Å². The molecule has 1 aromatic carbocycles. The first kappa shape index (κ1) is 16.1. The lowest BCUT2D eigenvalue weighted by Crippen LogP contribution is -2.15. The fraction of sp³-hybridized carbons (Fsp3) is 0.600. The molecule has 0 aliphatic carbocycles. The van der Waals surface area contributed by atoms with E-state index >= 15 is 0 Å². The van der Waals surface area contributed by atoms with Crippen LogP contribution in [0, 0.1) is 3.57 Å². The van der Waals surface area contributed by atoms with Crippen molar-refractivity contribution in [3.63, 3.8) is 0 Å². The van der Waals surface area contributed by atoms with Crippen LogP contribution in [0.1, 0.15) is 52.4 Å². The molecule has 0 spiro atoms. The molecule has 0 bridgehead atoms. The van der Waals surface area contributed by atoms with Gasteiger partial charge in [0.2, 0.25) is 0 Å². The molecule has 1 N–H and O–H groups in total. The van der Waals surface area contributed by atoms with E-state index in [2.05, 4.69) is 47.8 Å². The normalized spacial score (nSPS) is 12.4. The molecular formula is C15H23ClIN. The summed E-state index contributed by atoms with van der Waals surface area (Å²) in [5, 5.41) is 4.37. The van der Waals surface area contributed by atoms with Crippen molar-refractivity contribution in [1.82, 2.24) is 0 Å². The second kappa shape index (κ2) is 9.03. The van der Waals surface area contributed by atoms with Gasteiger partial charge in [-0.3, -0.25) is 0 Å². The van der Waals surface area contributed by atoms with Gasteiger partial charge in [0, 0.05) is 20.3 Å². The summed E-state index contributed by atoms with van der Waals surface area (Å²) in [7, 11) is 0. The van der Waals surface area contributed by atoms with E-state index in [-0.39, 0.29) is 0 Å². The van der Waals surface area contributed by atoms with Gasteiger partial charge < -0.3 is 5.32 Å². The third-order valence-corrected chi connectivity index (χ3v) is 4.20. The highest BCUT2D eigenvalue weighted by atomic mass is 127. The molecule has 3 heteroatoms. The molecule has 0 saturated carbocycles. The first-order valence-corrected chi connectivity index (χ1v) is 8.30. The molecule has 0 aliphatic rings. The molecule has 0 fully saturated rings. The highest BCUT2D eigenvalue weighted by Crippen LogP contribution is 2.23. The van der Waals surface area contributed by atoms with E-state index in [0.717, 1.165) is 5.02 Å². The van der Waals surface area contributed by atoms with Crippen molar-refractivity contribution >= 4 is 39.9 Å². The smallest absolute Gasteiger partial charge is 0.0478 e. The van der Waals surface area contributed by atoms with Crippen LogP contribution in [0.3, 0.4) is 0 Å². The van der Waals surface area contributed by atoms with Gasteiger partial charge in [-0.15, -0.1) is 0 Å². The molecule has 1 nitrogen and oxygen atoms in total. The molecule has 0 aromatic heterocycles. The number of anilines is 1. The summed E-state index contributed by atoms with van der Waals surface area (Å²) in [5.74, 6) is 0. The summed E-state index contributed by atoms with van der Waals surface area (Å²) < 4.78 is 1.19. The molecule has 1 atom stereocenters. The number of halogens is 2. The minimum absolute atomic E-state index is 0.529. The number of unbranched alkanes of at least 4 members (excludes halogenated alkanes) is 4. The zero-order valence-electron chi connectivity index (χ0n) is 11.3. The van der Waals surface area contributed by atoms with E-state index in [1.807, 2.05) is 12.1 Å². The lowest BCUT2D eigenvalue weighted by atomic mass is 10.1. The molecule has 1 aromatic rings. The van der Waals surface area contributed by atoms with Crippen LogP contribution in [-0.4, -0.2) is 6.04 Å². The van der Waals surface area contributed by atoms with Crippen LogP contribution in [-0.2, 0) is 0 Å². The molecule has 0 amide bonds. The van der Waals surface area contributed by atoms with Gasteiger partial charge in [-0.25, -0.2) is 0 Å². The Morgan fingerprint density at radius 3 is 2.61 bits per heavy atom. The van der Waals surface area contributed by atoms with Gasteiger partial charge in [-0.1, -0.05) is 50.6 Å². The maximum absolute atomic E-state index is 5.95. The topological polar surface area (TPSA) is 12.0 Å². The zero-order chi connectivity index (χ0) is 13.4. The van der Waals surface area contributed by atoms with Crippen LogP contribution in [0.2, 0.25) is 5.02 Å². The number of nitrogens with one attached hydrogen (secondary N) is 1. The van der Waals surface area contributed by atoms with Gasteiger partial charge in [0.05, 0.1) is 0 Å². The Kier molecular flexibility index (Phi) is 8.07. The molecule has 1 rings (SSSR count). The lowest BCUT2D eigenvalue weighted by molar-refractivity contribution is 0.578. The number of hydrogen-bond donors (Lipinski definition) is 1. The summed E-state index contributed by atoms with van der Waals surface area (Å²) in [6, 6.07) is 6.54. The average Bonchev–Trinajstić information content (AvgIpc) is 2.32. The molecule has 18 heavy (non-hydrogen) atoms. The van der Waals surface area contributed by atoms with Gasteiger partial charge in [0.1, 0.15) is 0 Å². The fourth-order valence-corrected chi connectivity index (χ4v) is 3.03. The van der Waals surface area contributed by atoms with Crippen molar-refractivity contribution in [3.05, 3.63) is 26.8 Å². The van der Waals surface area contributed by atoms with Crippen molar-refractivity contribution in [1.29, 1.82) is 0 Å². The van der Waals surface area contributed by atoms with Gasteiger partial charge in [-0.05, 0) is 54.1 Å². The Morgan fingerprint density at radius 1 is 1.22 bits per heavy atom. The van der Waals surface area contributed by atoms with Crippen LogP contribution >= 0.6 is 34.2 Å². The van der Waals surface area contributed by atoms with Crippen molar-refractivity contribution in [2.45, 2.75) is 58.4 Å². The second-order valence-corrected chi connectivity index (χ2v) is 6.47. The Labute approximate surface area is 130 Å². The van der Waals surface area contributed by atoms with Crippen molar-refractivity contribution in [2.24, 2.45) is 0 Å². The standard InChI is InChI=1S/C15H23ClIN/c1-3-4-5-6-7-8-12(2)18-15-10-9-13(16)11-14(15)17/h9-12,18H,3-8H2,1-2H3. The first-order chi connectivity index (χ1) is 8.63. The van der Waals surface area contributed by atoms with Crippen molar-refractivity contribution in [2.75, 3.05) is 5.32 Å². The third kappa shape index (κ3) is 6.28. The number of rotatable bonds is 8. The maximum atomic E-state index is 5.95. The molecule has 0 radical (unpaired) electrons. The Hall–Kier alpha value is 0.0400. The summed E-state index contributed by atoms with van der Waals surface area (Å²) in [6.45, 7) is 4.51. The molecule has 0 aliphatic heterocycles. The van der Waals surface area contributed by atoms with E-state index in [4.69, 9.17) is 11.6 Å². The summed E-state index contributed by atoms with van der Waals surface area (Å²) >= 11 is 8.28. The fourth-order valence-electron chi connectivity index (χ4n) is 2.00. The summed E-state index contributed by atoms with van der Waals surface area (Å²) in [6.07, 6.45) is 7.98. The summed E-state index contributed by atoms with van der Waals surface area (Å²) in [4.78, 5) is 0. The lowest BCUT2D eigenvalue weighted by Gasteiger charge is -2.16. The van der Waals surface area contributed by atoms with Gasteiger partial charge in [-0.2, -0.15) is 0 Å². The quantitative estimate of drug-likeness (QED) is 0.425. The van der Waals surface area contributed by atoms with Crippen molar-refractivity contribution < 1.29 is 0 Å². The average molecular weight is 380 g/mol. The van der Waals surface area contributed by atoms with E-state index < -0.39 is 0 Å². The number of benzene rings is 1. The van der Waals surface area contributed by atoms with Gasteiger partial charge in [0.25, 0.3) is 0 Å². The monoisotopic (exact) mass is 379 g/mol. The first-order valence-electron chi connectivity index (χ1n) is 6.85. The van der Waals surface area contributed by atoms with Crippen molar-refractivity contribution in [3.8, 4) is 0 Å². The minimum atomic E-state index is 0.529.